The Kier molecular flexibility index (Phi) is 4.67. The zero-order chi connectivity index (χ0) is 12.1. The Morgan fingerprint density at radius 1 is 1.47 bits per heavy atom. The Bertz CT molecular complexity index is 340. The van der Waals surface area contributed by atoms with E-state index in [1.807, 2.05) is 11.8 Å². The van der Waals surface area contributed by atoms with Crippen LogP contribution in [0.1, 0.15) is 25.7 Å². The molecule has 1 saturated carbocycles. The quantitative estimate of drug-likeness (QED) is 0.738. The molecule has 1 aliphatic rings. The molecule has 1 heterocycles. The van der Waals surface area contributed by atoms with Gasteiger partial charge in [0.1, 0.15) is 0 Å². The number of hydrogen-bond acceptors (Lipinski definition) is 6. The largest absolute Gasteiger partial charge is 0.407 e. The fourth-order valence-corrected chi connectivity index (χ4v) is 2.21. The highest BCUT2D eigenvalue weighted by atomic mass is 32.2. The minimum Gasteiger partial charge on any atom is -0.407 e. The van der Waals surface area contributed by atoms with Gasteiger partial charge in [0.15, 0.2) is 0 Å². The second-order valence-electron chi connectivity index (χ2n) is 4.60. The molecule has 2 N–H and O–H groups in total. The second-order valence-corrected chi connectivity index (χ2v) is 5.51. The predicted octanol–water partition coefficient (Wildman–Crippen LogP) is 1.73. The highest BCUT2D eigenvalue weighted by molar-refractivity contribution is 7.98. The summed E-state index contributed by atoms with van der Waals surface area (Å²) < 4.78 is 5.49. The van der Waals surface area contributed by atoms with Gasteiger partial charge in [0.2, 0.25) is 5.89 Å². The molecule has 6 heteroatoms. The molecule has 0 saturated heterocycles. The van der Waals surface area contributed by atoms with Gasteiger partial charge in [-0.15, -0.1) is 5.10 Å². The third kappa shape index (κ3) is 4.55. The summed E-state index contributed by atoms with van der Waals surface area (Å²) in [6.07, 6.45) is 4.65. The van der Waals surface area contributed by atoms with Gasteiger partial charge in [-0.05, 0) is 30.8 Å². The normalized spacial score (nSPS) is 17.1. The lowest BCUT2D eigenvalue weighted by atomic mass is 10.2. The highest BCUT2D eigenvalue weighted by Crippen LogP contribution is 2.19. The summed E-state index contributed by atoms with van der Waals surface area (Å²) in [5.74, 6) is 2.40. The lowest BCUT2D eigenvalue weighted by Gasteiger charge is -2.08. The first-order chi connectivity index (χ1) is 8.28. The van der Waals surface area contributed by atoms with Crippen molar-refractivity contribution in [3.8, 4) is 0 Å². The highest BCUT2D eigenvalue weighted by Gasteiger charge is 2.21. The molecule has 0 spiro atoms. The Morgan fingerprint density at radius 2 is 2.29 bits per heavy atom. The molecule has 96 valence electrons. The fraction of sp³-hybridized carbons (Fsp3) is 0.818. The summed E-state index contributed by atoms with van der Waals surface area (Å²) >= 11 is 1.85. The third-order valence-electron chi connectivity index (χ3n) is 2.64. The van der Waals surface area contributed by atoms with E-state index in [0.29, 0.717) is 30.4 Å². The first kappa shape index (κ1) is 12.7. The number of hydrogen-bond donors (Lipinski definition) is 2. The van der Waals surface area contributed by atoms with Crippen molar-refractivity contribution in [1.82, 2.24) is 15.5 Å². The lowest BCUT2D eigenvalue weighted by Crippen LogP contribution is -2.15. The van der Waals surface area contributed by atoms with Gasteiger partial charge in [0.05, 0.1) is 6.54 Å². The van der Waals surface area contributed by atoms with Crippen LogP contribution < -0.4 is 10.6 Å². The van der Waals surface area contributed by atoms with Crippen molar-refractivity contribution < 1.29 is 4.42 Å². The Balaban J connectivity index is 1.69. The summed E-state index contributed by atoms with van der Waals surface area (Å²) in [4.78, 5) is 0. The SMILES string of the molecule is CSCC(C)CNc1nnc(CNC2CC2)o1. The van der Waals surface area contributed by atoms with E-state index in [-0.39, 0.29) is 0 Å². The van der Waals surface area contributed by atoms with Crippen molar-refractivity contribution in [2.75, 3.05) is 23.9 Å². The molecule has 17 heavy (non-hydrogen) atoms. The van der Waals surface area contributed by atoms with Gasteiger partial charge < -0.3 is 15.1 Å². The van der Waals surface area contributed by atoms with Crippen molar-refractivity contribution in [1.29, 1.82) is 0 Å². The molecule has 1 atom stereocenters. The van der Waals surface area contributed by atoms with E-state index >= 15 is 0 Å². The molecule has 1 aromatic rings. The zero-order valence-electron chi connectivity index (χ0n) is 10.4. The van der Waals surface area contributed by atoms with E-state index in [0.717, 1.165) is 12.3 Å². The maximum atomic E-state index is 5.49. The van der Waals surface area contributed by atoms with Gasteiger partial charge in [0, 0.05) is 12.6 Å². The molecular formula is C11H20N4OS. The molecule has 1 aliphatic carbocycles. The second kappa shape index (κ2) is 6.26. The van der Waals surface area contributed by atoms with Gasteiger partial charge in [-0.3, -0.25) is 0 Å². The van der Waals surface area contributed by atoms with Crippen molar-refractivity contribution in [2.45, 2.75) is 32.4 Å². The van der Waals surface area contributed by atoms with Gasteiger partial charge in [0.25, 0.3) is 0 Å². The van der Waals surface area contributed by atoms with Gasteiger partial charge in [-0.25, -0.2) is 0 Å². The van der Waals surface area contributed by atoms with Crippen molar-refractivity contribution in [3.63, 3.8) is 0 Å². The molecule has 0 bridgehead atoms. The van der Waals surface area contributed by atoms with Gasteiger partial charge >= 0.3 is 6.01 Å². The first-order valence-electron chi connectivity index (χ1n) is 6.06. The topological polar surface area (TPSA) is 63.0 Å². The van der Waals surface area contributed by atoms with E-state index in [1.54, 1.807) is 0 Å². The number of nitrogens with zero attached hydrogens (tertiary/aromatic N) is 2. The summed E-state index contributed by atoms with van der Waals surface area (Å²) in [7, 11) is 0. The number of rotatable bonds is 8. The van der Waals surface area contributed by atoms with Crippen LogP contribution in [0, 0.1) is 5.92 Å². The smallest absolute Gasteiger partial charge is 0.315 e. The van der Waals surface area contributed by atoms with Crippen LogP contribution in [0.3, 0.4) is 0 Å². The number of aromatic nitrogens is 2. The monoisotopic (exact) mass is 256 g/mol. The van der Waals surface area contributed by atoms with Crippen LogP contribution in [0.4, 0.5) is 6.01 Å². The standard InChI is InChI=1S/C11H20N4OS/c1-8(7-17-2)5-13-11-15-14-10(16-11)6-12-9-3-4-9/h8-9,12H,3-7H2,1-2H3,(H,13,15). The van der Waals surface area contributed by atoms with Crippen molar-refractivity contribution >= 4 is 17.8 Å². The molecule has 0 amide bonds. The van der Waals surface area contributed by atoms with E-state index in [9.17, 15) is 0 Å². The molecule has 1 aromatic heterocycles. The van der Waals surface area contributed by atoms with E-state index in [2.05, 4.69) is 34.0 Å². The maximum absolute atomic E-state index is 5.49. The average Bonchev–Trinajstić information content (AvgIpc) is 3.03. The van der Waals surface area contributed by atoms with Crippen LogP contribution >= 0.6 is 11.8 Å². The lowest BCUT2D eigenvalue weighted by molar-refractivity contribution is 0.473. The molecule has 2 rings (SSSR count). The Labute approximate surface area is 106 Å². The minimum absolute atomic E-state index is 0.533. The number of nitrogens with one attached hydrogen (secondary N) is 2. The number of thioether (sulfide) groups is 1. The Morgan fingerprint density at radius 3 is 3.00 bits per heavy atom. The molecule has 1 unspecified atom stereocenters. The first-order valence-corrected chi connectivity index (χ1v) is 7.46. The van der Waals surface area contributed by atoms with Gasteiger partial charge in [-0.1, -0.05) is 12.0 Å². The summed E-state index contributed by atoms with van der Waals surface area (Å²) in [6, 6.07) is 1.20. The van der Waals surface area contributed by atoms with E-state index < -0.39 is 0 Å². The molecular weight excluding hydrogens is 236 g/mol. The average molecular weight is 256 g/mol. The fourth-order valence-electron chi connectivity index (χ4n) is 1.52. The van der Waals surface area contributed by atoms with Crippen LogP contribution in [0.5, 0.6) is 0 Å². The predicted molar refractivity (Wildman–Crippen MR) is 70.2 cm³/mol. The molecule has 0 aliphatic heterocycles. The van der Waals surface area contributed by atoms with Crippen LogP contribution in [-0.4, -0.2) is 34.8 Å². The van der Waals surface area contributed by atoms with E-state index in [1.165, 1.54) is 12.8 Å². The zero-order valence-corrected chi connectivity index (χ0v) is 11.2. The molecule has 0 aromatic carbocycles. The van der Waals surface area contributed by atoms with E-state index in [4.69, 9.17) is 4.42 Å². The van der Waals surface area contributed by atoms with Crippen molar-refractivity contribution in [3.05, 3.63) is 5.89 Å². The summed E-state index contributed by atoms with van der Waals surface area (Å²) in [6.45, 7) is 3.76. The molecule has 5 nitrogen and oxygen atoms in total. The van der Waals surface area contributed by atoms with Gasteiger partial charge in [-0.2, -0.15) is 11.8 Å². The van der Waals surface area contributed by atoms with Crippen LogP contribution in [0.2, 0.25) is 0 Å². The Hall–Kier alpha value is -0.750. The minimum atomic E-state index is 0.533. The number of anilines is 1. The van der Waals surface area contributed by atoms with Crippen LogP contribution in [-0.2, 0) is 6.54 Å². The molecule has 0 radical (unpaired) electrons. The van der Waals surface area contributed by atoms with Crippen LogP contribution in [0.25, 0.3) is 0 Å². The van der Waals surface area contributed by atoms with Crippen molar-refractivity contribution in [2.24, 2.45) is 5.92 Å². The molecule has 1 fully saturated rings. The summed E-state index contributed by atoms with van der Waals surface area (Å²) in [5.41, 5.74) is 0. The van der Waals surface area contributed by atoms with Crippen LogP contribution in [0.15, 0.2) is 4.42 Å². The summed E-state index contributed by atoms with van der Waals surface area (Å²) in [5, 5.41) is 14.5. The third-order valence-corrected chi connectivity index (χ3v) is 3.54. The maximum Gasteiger partial charge on any atom is 0.315 e.